The van der Waals surface area contributed by atoms with Gasteiger partial charge < -0.3 is 10.1 Å². The van der Waals surface area contributed by atoms with Crippen molar-refractivity contribution in [1.82, 2.24) is 5.32 Å². The Bertz CT molecular complexity index is 219. The standard InChI is InChI=1S/C10H18INO3/c1-7(2)6-9(13)12-8(4-5-11)10(14)15-3/h7-8H,4-6H2,1-3H3,(H,12,13)/t8-/m0/s1. The van der Waals surface area contributed by atoms with Crippen molar-refractivity contribution in [3.63, 3.8) is 0 Å². The highest BCUT2D eigenvalue weighted by atomic mass is 127. The van der Waals surface area contributed by atoms with E-state index in [4.69, 9.17) is 0 Å². The molecule has 0 saturated heterocycles. The summed E-state index contributed by atoms with van der Waals surface area (Å²) < 4.78 is 5.42. The van der Waals surface area contributed by atoms with Crippen LogP contribution in [0.15, 0.2) is 0 Å². The lowest BCUT2D eigenvalue weighted by molar-refractivity contribution is -0.145. The summed E-state index contributed by atoms with van der Waals surface area (Å²) >= 11 is 2.17. The quantitative estimate of drug-likeness (QED) is 0.457. The molecule has 1 N–H and O–H groups in total. The Morgan fingerprint density at radius 3 is 2.40 bits per heavy atom. The number of hydrogen-bond acceptors (Lipinski definition) is 3. The maximum atomic E-state index is 11.4. The number of hydrogen-bond donors (Lipinski definition) is 1. The van der Waals surface area contributed by atoms with Gasteiger partial charge in [-0.3, -0.25) is 4.79 Å². The van der Waals surface area contributed by atoms with Crippen molar-refractivity contribution in [3.05, 3.63) is 0 Å². The van der Waals surface area contributed by atoms with E-state index in [1.54, 1.807) is 0 Å². The average molecular weight is 327 g/mol. The Balaban J connectivity index is 4.15. The second kappa shape index (κ2) is 7.90. The van der Waals surface area contributed by atoms with E-state index in [1.807, 2.05) is 13.8 Å². The molecule has 0 aliphatic heterocycles. The Labute approximate surface area is 104 Å². The topological polar surface area (TPSA) is 55.4 Å². The number of carbonyl (C=O) groups excluding carboxylic acids is 2. The Morgan fingerprint density at radius 2 is 2.00 bits per heavy atom. The van der Waals surface area contributed by atoms with Crippen LogP contribution in [-0.2, 0) is 14.3 Å². The van der Waals surface area contributed by atoms with Crippen LogP contribution in [0.4, 0.5) is 0 Å². The second-order valence-corrected chi connectivity index (χ2v) is 4.80. The lowest BCUT2D eigenvalue weighted by Crippen LogP contribution is -2.42. The van der Waals surface area contributed by atoms with E-state index in [-0.39, 0.29) is 11.9 Å². The van der Waals surface area contributed by atoms with E-state index in [0.717, 1.165) is 4.43 Å². The van der Waals surface area contributed by atoms with E-state index in [9.17, 15) is 9.59 Å². The Morgan fingerprint density at radius 1 is 1.40 bits per heavy atom. The van der Waals surface area contributed by atoms with Gasteiger partial charge in [-0.15, -0.1) is 0 Å². The second-order valence-electron chi connectivity index (χ2n) is 3.72. The van der Waals surface area contributed by atoms with Gasteiger partial charge in [0.25, 0.3) is 0 Å². The molecule has 0 spiro atoms. The molecule has 4 nitrogen and oxygen atoms in total. The SMILES string of the molecule is COC(=O)[C@H](CCI)NC(=O)CC(C)C. The molecule has 0 fully saturated rings. The number of methoxy groups -OCH3 is 1. The molecule has 0 aliphatic carbocycles. The van der Waals surface area contributed by atoms with Crippen LogP contribution in [0.5, 0.6) is 0 Å². The van der Waals surface area contributed by atoms with E-state index >= 15 is 0 Å². The molecule has 1 atom stereocenters. The lowest BCUT2D eigenvalue weighted by atomic mass is 10.1. The number of esters is 1. The van der Waals surface area contributed by atoms with Gasteiger partial charge in [0.05, 0.1) is 7.11 Å². The number of alkyl halides is 1. The molecule has 0 aromatic carbocycles. The van der Waals surface area contributed by atoms with Gasteiger partial charge in [-0.2, -0.15) is 0 Å². The molecule has 0 aromatic heterocycles. The van der Waals surface area contributed by atoms with Gasteiger partial charge in [0.1, 0.15) is 6.04 Å². The number of halogens is 1. The molecule has 15 heavy (non-hydrogen) atoms. The molecular weight excluding hydrogens is 309 g/mol. The van der Waals surface area contributed by atoms with Crippen molar-refractivity contribution in [3.8, 4) is 0 Å². The molecule has 0 radical (unpaired) electrons. The van der Waals surface area contributed by atoms with Crippen molar-refractivity contribution in [2.24, 2.45) is 5.92 Å². The van der Waals surface area contributed by atoms with Crippen molar-refractivity contribution in [1.29, 1.82) is 0 Å². The molecule has 0 aliphatic rings. The zero-order chi connectivity index (χ0) is 11.8. The van der Waals surface area contributed by atoms with Gasteiger partial charge in [0.2, 0.25) is 5.91 Å². The number of ether oxygens (including phenoxy) is 1. The highest BCUT2D eigenvalue weighted by Gasteiger charge is 2.20. The summed E-state index contributed by atoms with van der Waals surface area (Å²) in [6, 6.07) is -0.502. The summed E-state index contributed by atoms with van der Waals surface area (Å²) in [6.45, 7) is 3.93. The first-order chi connectivity index (χ1) is 7.01. The van der Waals surface area contributed by atoms with Gasteiger partial charge in [-0.25, -0.2) is 4.79 Å². The fourth-order valence-electron chi connectivity index (χ4n) is 1.12. The molecule has 0 heterocycles. The lowest BCUT2D eigenvalue weighted by Gasteiger charge is -2.15. The fourth-order valence-corrected chi connectivity index (χ4v) is 1.75. The predicted octanol–water partition coefficient (Wildman–Crippen LogP) is 1.52. The minimum atomic E-state index is -0.502. The van der Waals surface area contributed by atoms with E-state index < -0.39 is 6.04 Å². The summed E-state index contributed by atoms with van der Waals surface area (Å²) in [5, 5.41) is 2.68. The fraction of sp³-hybridized carbons (Fsp3) is 0.800. The van der Waals surface area contributed by atoms with Crippen molar-refractivity contribution in [2.75, 3.05) is 11.5 Å². The third-order valence-electron chi connectivity index (χ3n) is 1.81. The van der Waals surface area contributed by atoms with E-state index in [0.29, 0.717) is 18.8 Å². The average Bonchev–Trinajstić information content (AvgIpc) is 2.14. The van der Waals surface area contributed by atoms with Crippen LogP contribution in [0.25, 0.3) is 0 Å². The third-order valence-corrected chi connectivity index (χ3v) is 2.44. The van der Waals surface area contributed by atoms with Crippen LogP contribution in [0.1, 0.15) is 26.7 Å². The summed E-state index contributed by atoms with van der Waals surface area (Å²) in [6.07, 6.45) is 1.05. The molecule has 0 bridgehead atoms. The molecule has 0 unspecified atom stereocenters. The number of nitrogens with one attached hydrogen (secondary N) is 1. The first-order valence-corrected chi connectivity index (χ1v) is 6.47. The molecule has 1 amide bonds. The minimum Gasteiger partial charge on any atom is -0.467 e. The van der Waals surface area contributed by atoms with Crippen LogP contribution >= 0.6 is 22.6 Å². The number of amides is 1. The first-order valence-electron chi connectivity index (χ1n) is 4.94. The maximum Gasteiger partial charge on any atom is 0.328 e. The van der Waals surface area contributed by atoms with E-state index in [2.05, 4.69) is 32.6 Å². The van der Waals surface area contributed by atoms with Crippen molar-refractivity contribution in [2.45, 2.75) is 32.7 Å². The smallest absolute Gasteiger partial charge is 0.328 e. The summed E-state index contributed by atoms with van der Waals surface area (Å²) in [4.78, 5) is 22.7. The largest absolute Gasteiger partial charge is 0.467 e. The summed E-state index contributed by atoms with van der Waals surface area (Å²) in [5.74, 6) is -0.170. The monoisotopic (exact) mass is 327 g/mol. The molecule has 88 valence electrons. The van der Waals surface area contributed by atoms with Gasteiger partial charge >= 0.3 is 5.97 Å². The van der Waals surface area contributed by atoms with Crippen LogP contribution < -0.4 is 5.32 Å². The zero-order valence-electron chi connectivity index (χ0n) is 9.38. The summed E-state index contributed by atoms with van der Waals surface area (Å²) in [7, 11) is 1.33. The molecule has 5 heteroatoms. The van der Waals surface area contributed by atoms with Crippen LogP contribution in [-0.4, -0.2) is 29.5 Å². The molecule has 0 rings (SSSR count). The van der Waals surface area contributed by atoms with Crippen LogP contribution in [0.3, 0.4) is 0 Å². The van der Waals surface area contributed by atoms with E-state index in [1.165, 1.54) is 7.11 Å². The number of carbonyl (C=O) groups is 2. The van der Waals surface area contributed by atoms with Gasteiger partial charge in [-0.1, -0.05) is 36.4 Å². The predicted molar refractivity (Wildman–Crippen MR) is 66.9 cm³/mol. The van der Waals surface area contributed by atoms with Crippen LogP contribution in [0.2, 0.25) is 0 Å². The highest BCUT2D eigenvalue weighted by Crippen LogP contribution is 2.03. The number of rotatable bonds is 6. The molecular formula is C10H18INO3. The van der Waals surface area contributed by atoms with Crippen molar-refractivity contribution >= 4 is 34.5 Å². The van der Waals surface area contributed by atoms with Crippen molar-refractivity contribution < 1.29 is 14.3 Å². The van der Waals surface area contributed by atoms with Gasteiger partial charge in [0, 0.05) is 10.8 Å². The van der Waals surface area contributed by atoms with Crippen LogP contribution in [0, 0.1) is 5.92 Å². The minimum absolute atomic E-state index is 0.0924. The van der Waals surface area contributed by atoms with Gasteiger partial charge in [-0.05, 0) is 12.3 Å². The normalized spacial score (nSPS) is 12.3. The highest BCUT2D eigenvalue weighted by molar-refractivity contribution is 14.1. The maximum absolute atomic E-state index is 11.4. The first kappa shape index (κ1) is 14.7. The molecule has 0 saturated carbocycles. The summed E-state index contributed by atoms with van der Waals surface area (Å²) in [5.41, 5.74) is 0. The Kier molecular flexibility index (Phi) is 7.72. The third kappa shape index (κ3) is 6.70. The van der Waals surface area contributed by atoms with Gasteiger partial charge in [0.15, 0.2) is 0 Å². The Hall–Kier alpha value is -0.330. The molecule has 0 aromatic rings. The zero-order valence-corrected chi connectivity index (χ0v) is 11.5.